The molecule has 0 radical (unpaired) electrons. The molecular formula is C19H27BrO3. The van der Waals surface area contributed by atoms with E-state index in [4.69, 9.17) is 4.74 Å². The number of rotatable bonds is 0. The van der Waals surface area contributed by atoms with E-state index in [1.54, 1.807) is 0 Å². The summed E-state index contributed by atoms with van der Waals surface area (Å²) in [6.07, 6.45) is 8.06. The van der Waals surface area contributed by atoms with Gasteiger partial charge in [0.05, 0.1) is 23.1 Å². The van der Waals surface area contributed by atoms with Crippen LogP contribution in [-0.2, 0) is 9.53 Å². The molecular weight excluding hydrogens is 356 g/mol. The number of halogens is 1. The van der Waals surface area contributed by atoms with Crippen LogP contribution in [0.15, 0.2) is 0 Å². The molecule has 0 amide bonds. The monoisotopic (exact) mass is 382 g/mol. The molecule has 4 aliphatic carbocycles. The molecule has 128 valence electrons. The van der Waals surface area contributed by atoms with Crippen molar-refractivity contribution in [3.63, 3.8) is 0 Å². The van der Waals surface area contributed by atoms with Crippen molar-refractivity contribution < 1.29 is 14.6 Å². The molecule has 8 atom stereocenters. The van der Waals surface area contributed by atoms with Gasteiger partial charge in [0.1, 0.15) is 5.78 Å². The van der Waals surface area contributed by atoms with E-state index in [-0.39, 0.29) is 27.4 Å². The van der Waals surface area contributed by atoms with Crippen LogP contribution in [0.1, 0.15) is 58.3 Å². The summed E-state index contributed by atoms with van der Waals surface area (Å²) < 4.78 is 6.29. The number of carbonyl (C=O) groups is 1. The third-order valence-electron chi connectivity index (χ3n) is 8.68. The maximum Gasteiger partial charge on any atom is 0.139 e. The average molecular weight is 383 g/mol. The van der Waals surface area contributed by atoms with Crippen LogP contribution in [0.5, 0.6) is 0 Å². The van der Waals surface area contributed by atoms with Gasteiger partial charge in [-0.3, -0.25) is 4.79 Å². The minimum absolute atomic E-state index is 0.0326. The second-order valence-electron chi connectivity index (χ2n) is 9.25. The van der Waals surface area contributed by atoms with Crippen LogP contribution in [0.3, 0.4) is 0 Å². The Kier molecular flexibility index (Phi) is 3.08. The molecule has 1 N–H and O–H groups in total. The van der Waals surface area contributed by atoms with Crippen LogP contribution >= 0.6 is 15.9 Å². The number of ether oxygens (including phenoxy) is 1. The molecule has 1 aliphatic heterocycles. The molecule has 5 aliphatic rings. The maximum atomic E-state index is 12.5. The SMILES string of the molecule is C[C@]12CCC3C(C[C@H]4OC[C@@]35CC[C@H](O)C[C@]45Br)C1CCC2=O. The van der Waals surface area contributed by atoms with Gasteiger partial charge >= 0.3 is 0 Å². The van der Waals surface area contributed by atoms with Gasteiger partial charge in [0.2, 0.25) is 0 Å². The fraction of sp³-hybridized carbons (Fsp3) is 0.947. The highest BCUT2D eigenvalue weighted by molar-refractivity contribution is 9.10. The fourth-order valence-electron chi connectivity index (χ4n) is 7.48. The first kappa shape index (κ1) is 15.3. The second kappa shape index (κ2) is 4.62. The molecule has 5 fully saturated rings. The molecule has 4 heteroatoms. The molecule has 0 spiro atoms. The molecule has 1 heterocycles. The summed E-state index contributed by atoms with van der Waals surface area (Å²) in [6.45, 7) is 3.10. The van der Waals surface area contributed by atoms with Gasteiger partial charge in [-0.05, 0) is 62.7 Å². The Hall–Kier alpha value is 0.0700. The van der Waals surface area contributed by atoms with E-state index in [2.05, 4.69) is 22.9 Å². The quantitative estimate of drug-likeness (QED) is 0.652. The highest BCUT2D eigenvalue weighted by Crippen LogP contribution is 2.71. The van der Waals surface area contributed by atoms with Crippen molar-refractivity contribution in [2.24, 2.45) is 28.6 Å². The van der Waals surface area contributed by atoms with E-state index >= 15 is 0 Å². The zero-order chi connectivity index (χ0) is 16.0. The van der Waals surface area contributed by atoms with Gasteiger partial charge < -0.3 is 9.84 Å². The fourth-order valence-corrected chi connectivity index (χ4v) is 8.78. The van der Waals surface area contributed by atoms with E-state index in [1.807, 2.05) is 0 Å². The Bertz CT molecular complexity index is 565. The summed E-state index contributed by atoms with van der Waals surface area (Å²) in [5, 5.41) is 10.3. The summed E-state index contributed by atoms with van der Waals surface area (Å²) in [5.74, 6) is 2.39. The maximum absolute atomic E-state index is 12.5. The van der Waals surface area contributed by atoms with Crippen molar-refractivity contribution in [1.82, 2.24) is 0 Å². The minimum Gasteiger partial charge on any atom is -0.393 e. The summed E-state index contributed by atoms with van der Waals surface area (Å²) >= 11 is 4.11. The van der Waals surface area contributed by atoms with Crippen molar-refractivity contribution in [2.45, 2.75) is 74.8 Å². The lowest BCUT2D eigenvalue weighted by Gasteiger charge is -2.61. The van der Waals surface area contributed by atoms with Gasteiger partial charge in [-0.2, -0.15) is 0 Å². The van der Waals surface area contributed by atoms with Crippen molar-refractivity contribution in [3.05, 3.63) is 0 Å². The minimum atomic E-state index is -0.190. The van der Waals surface area contributed by atoms with Crippen molar-refractivity contribution >= 4 is 21.7 Å². The number of hydrogen-bond donors (Lipinski definition) is 1. The molecule has 2 bridgehead atoms. The first-order chi connectivity index (χ1) is 10.9. The lowest BCUT2D eigenvalue weighted by atomic mass is 9.45. The van der Waals surface area contributed by atoms with Crippen molar-refractivity contribution in [2.75, 3.05) is 6.61 Å². The van der Waals surface area contributed by atoms with Gasteiger partial charge in [0.25, 0.3) is 0 Å². The van der Waals surface area contributed by atoms with E-state index in [0.29, 0.717) is 23.5 Å². The van der Waals surface area contributed by atoms with E-state index in [9.17, 15) is 9.90 Å². The predicted molar refractivity (Wildman–Crippen MR) is 90.4 cm³/mol. The molecule has 3 nitrogen and oxygen atoms in total. The molecule has 0 aromatic heterocycles. The smallest absolute Gasteiger partial charge is 0.139 e. The zero-order valence-electron chi connectivity index (χ0n) is 13.9. The second-order valence-corrected chi connectivity index (χ2v) is 10.7. The molecule has 5 rings (SSSR count). The average Bonchev–Trinajstić information content (AvgIpc) is 2.88. The Morgan fingerprint density at radius 3 is 2.87 bits per heavy atom. The summed E-state index contributed by atoms with van der Waals surface area (Å²) in [7, 11) is 0. The van der Waals surface area contributed by atoms with Crippen LogP contribution in [0.2, 0.25) is 0 Å². The standard InChI is InChI=1S/C19H27BrO3/c1-17-6-5-14-12(13(17)2-3-15(17)22)8-16-19(20)9-11(21)4-7-18(14,19)10-23-16/h11-14,16,21H,2-10H2,1H3/t11-,12?,13?,14?,16+,17-,18-,19-/m0/s1. The summed E-state index contributed by atoms with van der Waals surface area (Å²) in [6, 6.07) is 0. The molecule has 23 heavy (non-hydrogen) atoms. The normalized spacial score (nSPS) is 61.0. The predicted octanol–water partition coefficient (Wildman–Crippen LogP) is 3.47. The van der Waals surface area contributed by atoms with Gasteiger partial charge in [0.15, 0.2) is 0 Å². The highest BCUT2D eigenvalue weighted by atomic mass is 79.9. The van der Waals surface area contributed by atoms with Gasteiger partial charge in [-0.15, -0.1) is 0 Å². The number of aliphatic hydroxyl groups excluding tert-OH is 1. The third-order valence-corrected chi connectivity index (χ3v) is 10.3. The lowest BCUT2D eigenvalue weighted by molar-refractivity contribution is -0.136. The third kappa shape index (κ3) is 1.67. The number of ketones is 1. The van der Waals surface area contributed by atoms with Crippen molar-refractivity contribution in [1.29, 1.82) is 0 Å². The Morgan fingerprint density at radius 1 is 1.22 bits per heavy atom. The van der Waals surface area contributed by atoms with Crippen LogP contribution in [0.25, 0.3) is 0 Å². The van der Waals surface area contributed by atoms with E-state index < -0.39 is 0 Å². The number of hydrogen-bond acceptors (Lipinski definition) is 3. The number of carbonyl (C=O) groups excluding carboxylic acids is 1. The largest absolute Gasteiger partial charge is 0.393 e. The van der Waals surface area contributed by atoms with E-state index in [1.165, 1.54) is 6.42 Å². The van der Waals surface area contributed by atoms with Gasteiger partial charge in [-0.25, -0.2) is 0 Å². The van der Waals surface area contributed by atoms with Crippen LogP contribution in [0, 0.1) is 28.6 Å². The lowest BCUT2D eigenvalue weighted by Crippen LogP contribution is -2.63. The Morgan fingerprint density at radius 2 is 2.04 bits per heavy atom. The number of fused-ring (bicyclic) bond motifs is 3. The first-order valence-corrected chi connectivity index (χ1v) is 10.2. The zero-order valence-corrected chi connectivity index (χ0v) is 15.5. The molecule has 4 saturated carbocycles. The van der Waals surface area contributed by atoms with E-state index in [0.717, 1.165) is 51.6 Å². The van der Waals surface area contributed by atoms with Crippen LogP contribution in [0.4, 0.5) is 0 Å². The molecule has 3 unspecified atom stereocenters. The van der Waals surface area contributed by atoms with Gasteiger partial charge in [0, 0.05) is 17.3 Å². The Labute approximate surface area is 146 Å². The topological polar surface area (TPSA) is 46.5 Å². The van der Waals surface area contributed by atoms with Gasteiger partial charge in [-0.1, -0.05) is 22.9 Å². The Balaban J connectivity index is 1.56. The van der Waals surface area contributed by atoms with Crippen LogP contribution < -0.4 is 0 Å². The molecule has 1 saturated heterocycles. The molecule has 0 aromatic rings. The number of aliphatic hydroxyl groups is 1. The highest BCUT2D eigenvalue weighted by Gasteiger charge is 2.72. The number of alkyl halides is 1. The van der Waals surface area contributed by atoms with Crippen molar-refractivity contribution in [3.8, 4) is 0 Å². The summed E-state index contributed by atoms with van der Waals surface area (Å²) in [5.41, 5.74) is 0.129. The number of Topliss-reactive ketones (excluding diaryl/α,β-unsaturated/α-hetero) is 1. The van der Waals surface area contributed by atoms with Crippen LogP contribution in [-0.4, -0.2) is 34.0 Å². The summed E-state index contributed by atoms with van der Waals surface area (Å²) in [4.78, 5) is 12.5. The molecule has 0 aromatic carbocycles. The first-order valence-electron chi connectivity index (χ1n) is 9.43.